The van der Waals surface area contributed by atoms with E-state index in [1.807, 2.05) is 0 Å². The van der Waals surface area contributed by atoms with Crippen LogP contribution in [0.5, 0.6) is 0 Å². The summed E-state index contributed by atoms with van der Waals surface area (Å²) in [5.74, 6) is 0. The van der Waals surface area contributed by atoms with Crippen LogP contribution in [0, 0.1) is 10.1 Å². The van der Waals surface area contributed by atoms with Crippen molar-refractivity contribution >= 4 is 22.0 Å². The van der Waals surface area contributed by atoms with Crippen molar-refractivity contribution in [3.8, 4) is 0 Å². The van der Waals surface area contributed by atoms with E-state index in [4.69, 9.17) is 5.11 Å². The topological polar surface area (TPSA) is 75.4 Å². The van der Waals surface area contributed by atoms with Crippen molar-refractivity contribution in [2.75, 3.05) is 11.9 Å². The van der Waals surface area contributed by atoms with Gasteiger partial charge in [-0.25, -0.2) is 0 Å². The molecule has 0 saturated heterocycles. The zero-order valence-corrected chi connectivity index (χ0v) is 7.87. The number of aliphatic hydroxyl groups excluding tert-OH is 1. The number of thiophene rings is 1. The van der Waals surface area contributed by atoms with Gasteiger partial charge in [-0.15, -0.1) is 11.3 Å². The minimum atomic E-state index is -0.512. The van der Waals surface area contributed by atoms with Gasteiger partial charge in [-0.1, -0.05) is 0 Å². The second-order valence-electron chi connectivity index (χ2n) is 2.62. The van der Waals surface area contributed by atoms with Crippen LogP contribution in [0.2, 0.25) is 0 Å². The zero-order chi connectivity index (χ0) is 9.84. The summed E-state index contributed by atoms with van der Waals surface area (Å²) < 4.78 is 0. The molecule has 13 heavy (non-hydrogen) atoms. The SMILES string of the molecule is CC(O)CNc1sccc1[N+](=O)[O-]. The fourth-order valence-electron chi connectivity index (χ4n) is 0.819. The summed E-state index contributed by atoms with van der Waals surface area (Å²) in [6, 6.07) is 1.44. The summed E-state index contributed by atoms with van der Waals surface area (Å²) in [7, 11) is 0. The van der Waals surface area contributed by atoms with E-state index in [0.717, 1.165) is 0 Å². The molecule has 0 amide bonds. The molecule has 1 aromatic heterocycles. The number of aliphatic hydroxyl groups is 1. The highest BCUT2D eigenvalue weighted by Crippen LogP contribution is 2.29. The molecule has 0 bridgehead atoms. The summed E-state index contributed by atoms with van der Waals surface area (Å²) in [5, 5.41) is 24.3. The predicted molar refractivity (Wildman–Crippen MR) is 51.1 cm³/mol. The third-order valence-electron chi connectivity index (χ3n) is 1.40. The molecular weight excluding hydrogens is 192 g/mol. The molecule has 6 heteroatoms. The molecule has 1 heterocycles. The molecule has 72 valence electrons. The van der Waals surface area contributed by atoms with E-state index in [0.29, 0.717) is 11.5 Å². The maximum Gasteiger partial charge on any atom is 0.303 e. The Kier molecular flexibility index (Phi) is 3.21. The van der Waals surface area contributed by atoms with Gasteiger partial charge < -0.3 is 10.4 Å². The molecule has 0 aliphatic heterocycles. The van der Waals surface area contributed by atoms with Crippen molar-refractivity contribution in [3.05, 3.63) is 21.6 Å². The van der Waals surface area contributed by atoms with Crippen LogP contribution >= 0.6 is 11.3 Å². The molecule has 0 aliphatic rings. The predicted octanol–water partition coefficient (Wildman–Crippen LogP) is 1.45. The molecule has 1 rings (SSSR count). The first-order chi connectivity index (χ1) is 6.11. The molecular formula is C7H10N2O3S. The van der Waals surface area contributed by atoms with Crippen LogP contribution in [-0.2, 0) is 0 Å². The maximum absolute atomic E-state index is 10.4. The van der Waals surface area contributed by atoms with Gasteiger partial charge in [0.25, 0.3) is 0 Å². The third kappa shape index (κ3) is 2.67. The van der Waals surface area contributed by atoms with Gasteiger partial charge in [0.2, 0.25) is 0 Å². The third-order valence-corrected chi connectivity index (χ3v) is 2.26. The van der Waals surface area contributed by atoms with Gasteiger partial charge in [-0.3, -0.25) is 10.1 Å². The van der Waals surface area contributed by atoms with Crippen LogP contribution in [0.25, 0.3) is 0 Å². The lowest BCUT2D eigenvalue weighted by Crippen LogP contribution is -2.15. The Labute approximate surface area is 79.2 Å². The molecule has 1 atom stereocenters. The smallest absolute Gasteiger partial charge is 0.303 e. The average Bonchev–Trinajstić information content (AvgIpc) is 2.47. The van der Waals surface area contributed by atoms with Crippen LogP contribution in [0.4, 0.5) is 10.7 Å². The Hall–Kier alpha value is -1.14. The first-order valence-corrected chi connectivity index (χ1v) is 4.63. The fraction of sp³-hybridized carbons (Fsp3) is 0.429. The van der Waals surface area contributed by atoms with Gasteiger partial charge in [0.05, 0.1) is 11.0 Å². The van der Waals surface area contributed by atoms with E-state index in [-0.39, 0.29) is 5.69 Å². The summed E-state index contributed by atoms with van der Waals surface area (Å²) in [4.78, 5) is 9.99. The molecule has 0 saturated carbocycles. The Morgan fingerprint density at radius 2 is 2.54 bits per heavy atom. The Balaban J connectivity index is 2.65. The normalized spacial score (nSPS) is 12.5. The van der Waals surface area contributed by atoms with Gasteiger partial charge in [-0.05, 0) is 12.3 Å². The average molecular weight is 202 g/mol. The highest BCUT2D eigenvalue weighted by Gasteiger charge is 2.14. The second-order valence-corrected chi connectivity index (χ2v) is 3.54. The molecule has 5 nitrogen and oxygen atoms in total. The molecule has 0 spiro atoms. The quantitative estimate of drug-likeness (QED) is 0.572. The van der Waals surface area contributed by atoms with E-state index >= 15 is 0 Å². The van der Waals surface area contributed by atoms with Gasteiger partial charge in [0, 0.05) is 12.6 Å². The van der Waals surface area contributed by atoms with Crippen molar-refractivity contribution in [1.29, 1.82) is 0 Å². The van der Waals surface area contributed by atoms with Gasteiger partial charge in [0.1, 0.15) is 0 Å². The molecule has 2 N–H and O–H groups in total. The van der Waals surface area contributed by atoms with Crippen LogP contribution in [0.15, 0.2) is 11.4 Å². The van der Waals surface area contributed by atoms with Gasteiger partial charge in [0.15, 0.2) is 5.00 Å². The summed E-state index contributed by atoms with van der Waals surface area (Å²) >= 11 is 1.26. The summed E-state index contributed by atoms with van der Waals surface area (Å²) in [6.45, 7) is 1.94. The summed E-state index contributed by atoms with van der Waals surface area (Å²) in [5.41, 5.74) is 0.0608. The number of nitro groups is 1. The van der Waals surface area contributed by atoms with Gasteiger partial charge >= 0.3 is 5.69 Å². The number of nitrogens with one attached hydrogen (secondary N) is 1. The minimum absolute atomic E-state index is 0.0608. The first-order valence-electron chi connectivity index (χ1n) is 3.75. The van der Waals surface area contributed by atoms with Crippen molar-refractivity contribution in [1.82, 2.24) is 0 Å². The zero-order valence-electron chi connectivity index (χ0n) is 7.06. The molecule has 0 radical (unpaired) electrons. The number of anilines is 1. The van der Waals surface area contributed by atoms with E-state index in [9.17, 15) is 10.1 Å². The Morgan fingerprint density at radius 1 is 1.85 bits per heavy atom. The van der Waals surface area contributed by atoms with Crippen molar-refractivity contribution < 1.29 is 10.0 Å². The Morgan fingerprint density at radius 3 is 3.08 bits per heavy atom. The highest BCUT2D eigenvalue weighted by atomic mass is 32.1. The van der Waals surface area contributed by atoms with Crippen molar-refractivity contribution in [3.63, 3.8) is 0 Å². The standard InChI is InChI=1S/C7H10N2O3S/c1-5(10)4-8-7-6(9(11)12)2-3-13-7/h2-3,5,8,10H,4H2,1H3. The lowest BCUT2D eigenvalue weighted by molar-refractivity contribution is -0.383. The largest absolute Gasteiger partial charge is 0.392 e. The van der Waals surface area contributed by atoms with Crippen LogP contribution in [0.1, 0.15) is 6.92 Å². The lowest BCUT2D eigenvalue weighted by Gasteiger charge is -2.04. The fourth-order valence-corrected chi connectivity index (χ4v) is 1.58. The van der Waals surface area contributed by atoms with E-state index in [2.05, 4.69) is 5.32 Å². The molecule has 1 unspecified atom stereocenters. The van der Waals surface area contributed by atoms with Crippen LogP contribution in [-0.4, -0.2) is 22.7 Å². The monoisotopic (exact) mass is 202 g/mol. The van der Waals surface area contributed by atoms with Crippen LogP contribution < -0.4 is 5.32 Å². The van der Waals surface area contributed by atoms with E-state index in [1.165, 1.54) is 17.4 Å². The van der Waals surface area contributed by atoms with Gasteiger partial charge in [-0.2, -0.15) is 0 Å². The maximum atomic E-state index is 10.4. The van der Waals surface area contributed by atoms with Crippen molar-refractivity contribution in [2.24, 2.45) is 0 Å². The van der Waals surface area contributed by atoms with E-state index in [1.54, 1.807) is 12.3 Å². The number of nitrogens with zero attached hydrogens (tertiary/aromatic N) is 1. The lowest BCUT2D eigenvalue weighted by atomic mass is 10.4. The molecule has 1 aromatic rings. The van der Waals surface area contributed by atoms with Crippen LogP contribution in [0.3, 0.4) is 0 Å². The van der Waals surface area contributed by atoms with E-state index < -0.39 is 11.0 Å². The molecule has 0 aliphatic carbocycles. The number of hydrogen-bond donors (Lipinski definition) is 2. The first kappa shape index (κ1) is 9.94. The second kappa shape index (κ2) is 4.20. The number of hydrogen-bond acceptors (Lipinski definition) is 5. The molecule has 0 fully saturated rings. The van der Waals surface area contributed by atoms with Crippen molar-refractivity contribution in [2.45, 2.75) is 13.0 Å². The molecule has 0 aromatic carbocycles. The Bertz CT molecular complexity index is 298. The highest BCUT2D eigenvalue weighted by molar-refractivity contribution is 7.14. The minimum Gasteiger partial charge on any atom is -0.392 e. The number of rotatable bonds is 4. The summed E-state index contributed by atoms with van der Waals surface area (Å²) in [6.07, 6.45) is -0.512.